The molecule has 0 aliphatic carbocycles. The summed E-state index contributed by atoms with van der Waals surface area (Å²) >= 11 is 0. The number of ether oxygens (including phenoxy) is 1. The fraction of sp³-hybridized carbons (Fsp3) is 0.895. The van der Waals surface area contributed by atoms with E-state index in [4.69, 9.17) is 0 Å². The van der Waals surface area contributed by atoms with Crippen LogP contribution in [-0.4, -0.2) is 42.4 Å². The van der Waals surface area contributed by atoms with Gasteiger partial charge in [-0.3, -0.25) is 0 Å². The molecule has 0 spiro atoms. The van der Waals surface area contributed by atoms with Crippen molar-refractivity contribution in [2.24, 2.45) is 0 Å². The maximum absolute atomic E-state index is 13.5. The lowest BCUT2D eigenvalue weighted by molar-refractivity contribution is -0.440. The molecule has 0 heterocycles. The zero-order valence-corrected chi connectivity index (χ0v) is 17.5. The average Bonchev–Trinajstić information content (AvgIpc) is 2.67. The molecule has 0 aromatic rings. The topological polar surface area (TPSA) is 9.23 Å². The minimum Gasteiger partial charge on any atom is -0.501 e. The normalized spacial score (nSPS) is 14.8. The Labute approximate surface area is 182 Å². The highest BCUT2D eigenvalue weighted by molar-refractivity contribution is 5.10. The van der Waals surface area contributed by atoms with Crippen LogP contribution < -0.4 is 0 Å². The standard InChI is InChI=1S/C19H25F13O/c1-2-3-4-5-6-7-8-9-10-12-33-13-11-14(20,21)15(22,23)16(24,25)17(26,27)18(28,29)19(30,31)32/h10,12H,2-9,11,13H2,1H3. The average molecular weight is 516 g/mol. The highest BCUT2D eigenvalue weighted by atomic mass is 19.4. The maximum Gasteiger partial charge on any atom is 0.460 e. The van der Waals surface area contributed by atoms with Gasteiger partial charge in [0.25, 0.3) is 0 Å². The Morgan fingerprint density at radius 1 is 0.576 bits per heavy atom. The first-order chi connectivity index (χ1) is 14.8. The Hall–Kier alpha value is -1.37. The van der Waals surface area contributed by atoms with Gasteiger partial charge in [-0.1, -0.05) is 45.4 Å². The summed E-state index contributed by atoms with van der Waals surface area (Å²) in [6.45, 7) is 0.627. The molecule has 14 heteroatoms. The second-order valence-electron chi connectivity index (χ2n) is 7.40. The molecule has 0 aliphatic rings. The minimum atomic E-state index is -7.87. The van der Waals surface area contributed by atoms with Gasteiger partial charge in [0, 0.05) is 0 Å². The Kier molecular flexibility index (Phi) is 11.4. The lowest BCUT2D eigenvalue weighted by Crippen LogP contribution is -2.70. The third-order valence-electron chi connectivity index (χ3n) is 4.70. The summed E-state index contributed by atoms with van der Waals surface area (Å²) in [6.07, 6.45) is -0.553. The van der Waals surface area contributed by atoms with Crippen LogP contribution in [0.3, 0.4) is 0 Å². The van der Waals surface area contributed by atoms with Crippen molar-refractivity contribution < 1.29 is 61.8 Å². The Morgan fingerprint density at radius 2 is 1.03 bits per heavy atom. The third-order valence-corrected chi connectivity index (χ3v) is 4.70. The van der Waals surface area contributed by atoms with Gasteiger partial charge in [0.2, 0.25) is 0 Å². The van der Waals surface area contributed by atoms with Crippen LogP contribution in [0.4, 0.5) is 57.1 Å². The number of halogens is 13. The van der Waals surface area contributed by atoms with Crippen molar-refractivity contribution >= 4 is 0 Å². The number of rotatable bonds is 16. The van der Waals surface area contributed by atoms with Crippen molar-refractivity contribution in [2.45, 2.75) is 101 Å². The van der Waals surface area contributed by atoms with Crippen LogP contribution in [-0.2, 0) is 4.74 Å². The van der Waals surface area contributed by atoms with Gasteiger partial charge in [-0.2, -0.15) is 57.1 Å². The Bertz CT molecular complexity index is 597. The van der Waals surface area contributed by atoms with Crippen LogP contribution in [0.5, 0.6) is 0 Å². The summed E-state index contributed by atoms with van der Waals surface area (Å²) in [4.78, 5) is 0. The predicted octanol–water partition coefficient (Wildman–Crippen LogP) is 8.79. The van der Waals surface area contributed by atoms with E-state index in [9.17, 15) is 57.1 Å². The Morgan fingerprint density at radius 3 is 1.52 bits per heavy atom. The van der Waals surface area contributed by atoms with Crippen molar-refractivity contribution in [2.75, 3.05) is 6.61 Å². The van der Waals surface area contributed by atoms with Gasteiger partial charge in [0.1, 0.15) is 0 Å². The van der Waals surface area contributed by atoms with E-state index in [1.807, 2.05) is 0 Å². The van der Waals surface area contributed by atoms with E-state index in [0.29, 0.717) is 12.8 Å². The number of alkyl halides is 13. The molecule has 0 saturated carbocycles. The van der Waals surface area contributed by atoms with Crippen molar-refractivity contribution in [3.8, 4) is 0 Å². The zero-order chi connectivity index (χ0) is 26.2. The van der Waals surface area contributed by atoms with Crippen LogP contribution in [0.1, 0.15) is 64.7 Å². The van der Waals surface area contributed by atoms with Crippen LogP contribution >= 0.6 is 0 Å². The van der Waals surface area contributed by atoms with Gasteiger partial charge in [0.05, 0.1) is 19.3 Å². The van der Waals surface area contributed by atoms with E-state index in [1.165, 1.54) is 6.08 Å². The number of allylic oxidation sites excluding steroid dienone is 1. The lowest BCUT2D eigenvalue weighted by Gasteiger charge is -2.39. The fourth-order valence-electron chi connectivity index (χ4n) is 2.57. The summed E-state index contributed by atoms with van der Waals surface area (Å²) < 4.78 is 173. The van der Waals surface area contributed by atoms with Crippen LogP contribution in [0.2, 0.25) is 0 Å². The highest BCUT2D eigenvalue weighted by Crippen LogP contribution is 2.60. The van der Waals surface area contributed by atoms with E-state index in [1.54, 1.807) is 0 Å². The molecule has 1 nitrogen and oxygen atoms in total. The second-order valence-corrected chi connectivity index (χ2v) is 7.40. The molecule has 0 saturated heterocycles. The number of unbranched alkanes of at least 4 members (excludes halogenated alkanes) is 7. The van der Waals surface area contributed by atoms with Crippen molar-refractivity contribution in [3.63, 3.8) is 0 Å². The quantitative estimate of drug-likeness (QED) is 0.113. The van der Waals surface area contributed by atoms with E-state index in [0.717, 1.165) is 44.8 Å². The molecule has 0 aromatic carbocycles. The smallest absolute Gasteiger partial charge is 0.460 e. The van der Waals surface area contributed by atoms with E-state index >= 15 is 0 Å². The zero-order valence-electron chi connectivity index (χ0n) is 17.5. The molecule has 0 unspecified atom stereocenters. The molecular weight excluding hydrogens is 491 g/mol. The van der Waals surface area contributed by atoms with Gasteiger partial charge >= 0.3 is 35.8 Å². The maximum atomic E-state index is 13.5. The Balaban J connectivity index is 4.87. The van der Waals surface area contributed by atoms with Gasteiger partial charge in [-0.05, 0) is 18.9 Å². The fourth-order valence-corrected chi connectivity index (χ4v) is 2.57. The first-order valence-corrected chi connectivity index (χ1v) is 10.0. The largest absolute Gasteiger partial charge is 0.501 e. The summed E-state index contributed by atoms with van der Waals surface area (Å²) in [5, 5.41) is 0. The molecule has 0 rings (SSSR count). The monoisotopic (exact) mass is 516 g/mol. The highest BCUT2D eigenvalue weighted by Gasteiger charge is 2.90. The molecule has 0 bridgehead atoms. The molecule has 0 atom stereocenters. The van der Waals surface area contributed by atoms with Gasteiger partial charge in [-0.15, -0.1) is 0 Å². The van der Waals surface area contributed by atoms with Crippen LogP contribution in [0.25, 0.3) is 0 Å². The molecule has 0 fully saturated rings. The summed E-state index contributed by atoms with van der Waals surface area (Å²) in [6, 6.07) is 0. The van der Waals surface area contributed by atoms with Crippen molar-refractivity contribution in [3.05, 3.63) is 12.3 Å². The van der Waals surface area contributed by atoms with E-state index in [-0.39, 0.29) is 0 Å². The SMILES string of the molecule is CCCCCCCCCC=COCCC(F)(F)C(F)(F)C(F)(F)C(F)(F)C(F)(F)C(F)(F)F. The summed E-state index contributed by atoms with van der Waals surface area (Å²) in [5.41, 5.74) is 0. The third kappa shape index (κ3) is 7.30. The van der Waals surface area contributed by atoms with E-state index in [2.05, 4.69) is 11.7 Å². The lowest BCUT2D eigenvalue weighted by atomic mass is 9.93. The molecule has 0 aliphatic heterocycles. The molecule has 198 valence electrons. The van der Waals surface area contributed by atoms with Crippen LogP contribution in [0.15, 0.2) is 12.3 Å². The molecular formula is C19H25F13O. The molecule has 0 aromatic heterocycles. The second kappa shape index (κ2) is 11.9. The van der Waals surface area contributed by atoms with Gasteiger partial charge in [0.15, 0.2) is 0 Å². The predicted molar refractivity (Wildman–Crippen MR) is 93.1 cm³/mol. The minimum absolute atomic E-state index is 0.400. The number of hydrogen-bond acceptors (Lipinski definition) is 1. The molecule has 0 amide bonds. The van der Waals surface area contributed by atoms with Crippen molar-refractivity contribution in [1.82, 2.24) is 0 Å². The van der Waals surface area contributed by atoms with Gasteiger partial charge in [-0.25, -0.2) is 0 Å². The first kappa shape index (κ1) is 31.6. The molecule has 33 heavy (non-hydrogen) atoms. The number of hydrogen-bond donors (Lipinski definition) is 0. The van der Waals surface area contributed by atoms with Crippen molar-refractivity contribution in [1.29, 1.82) is 0 Å². The molecule has 0 radical (unpaired) electrons. The first-order valence-electron chi connectivity index (χ1n) is 10.0. The molecule has 0 N–H and O–H groups in total. The van der Waals surface area contributed by atoms with E-state index < -0.39 is 48.8 Å². The van der Waals surface area contributed by atoms with Crippen LogP contribution in [0, 0.1) is 0 Å². The summed E-state index contributed by atoms with van der Waals surface area (Å²) in [5.74, 6) is -36.7. The summed E-state index contributed by atoms with van der Waals surface area (Å²) in [7, 11) is 0. The van der Waals surface area contributed by atoms with Gasteiger partial charge < -0.3 is 4.74 Å².